The number of rotatable bonds is 7. The van der Waals surface area contributed by atoms with Gasteiger partial charge in [0.25, 0.3) is 0 Å². The largest absolute Gasteiger partial charge is 0.573 e. The minimum absolute atomic E-state index is 0.0516. The van der Waals surface area contributed by atoms with E-state index in [0.717, 1.165) is 30.5 Å². The molecule has 0 N–H and O–H groups in total. The maximum atomic E-state index is 14.3. The average Bonchev–Trinajstić information content (AvgIpc) is 2.56. The van der Waals surface area contributed by atoms with Crippen molar-refractivity contribution in [3.05, 3.63) is 65.0 Å². The van der Waals surface area contributed by atoms with Gasteiger partial charge in [-0.05, 0) is 36.6 Å². The lowest BCUT2D eigenvalue weighted by Crippen LogP contribution is -2.21. The maximum absolute atomic E-state index is 14.3. The van der Waals surface area contributed by atoms with E-state index in [9.17, 15) is 26.3 Å². The first-order valence-electron chi connectivity index (χ1n) is 8.22. The smallest absolute Gasteiger partial charge is 0.403 e. The highest BCUT2D eigenvalue weighted by Crippen LogP contribution is 2.36. The summed E-state index contributed by atoms with van der Waals surface area (Å²) in [4.78, 5) is 0. The molecule has 0 saturated heterocycles. The van der Waals surface area contributed by atoms with E-state index in [1.54, 1.807) is 12.1 Å². The topological polar surface area (TPSA) is 18.5 Å². The highest BCUT2D eigenvalue weighted by molar-refractivity contribution is 5.31. The number of aryl methyl sites for hydroxylation is 1. The van der Waals surface area contributed by atoms with E-state index in [1.165, 1.54) is 19.1 Å². The van der Waals surface area contributed by atoms with Crippen LogP contribution in [0.2, 0.25) is 0 Å². The Kier molecular flexibility index (Phi) is 6.41. The van der Waals surface area contributed by atoms with Crippen LogP contribution in [0.4, 0.5) is 26.3 Å². The predicted octanol–water partition coefficient (Wildman–Crippen LogP) is 6.50. The molecule has 1 atom stereocenters. The van der Waals surface area contributed by atoms with Crippen molar-refractivity contribution in [3.63, 3.8) is 0 Å². The third-order valence-electron chi connectivity index (χ3n) is 3.80. The summed E-state index contributed by atoms with van der Waals surface area (Å²) in [6.07, 6.45) is -8.34. The van der Waals surface area contributed by atoms with Gasteiger partial charge in [-0.25, -0.2) is 4.39 Å². The zero-order valence-electron chi connectivity index (χ0n) is 14.6. The molecule has 0 amide bonds. The maximum Gasteiger partial charge on any atom is 0.573 e. The molecule has 0 fully saturated rings. The number of ether oxygens (including phenoxy) is 2. The Bertz CT molecular complexity index is 756. The molecule has 148 valence electrons. The average molecular weight is 392 g/mol. The first kappa shape index (κ1) is 21.1. The van der Waals surface area contributed by atoms with Crippen LogP contribution in [0, 0.1) is 5.82 Å². The highest BCUT2D eigenvalue weighted by Gasteiger charge is 2.36. The number of halogens is 6. The molecular formula is C19H18F6O2. The monoisotopic (exact) mass is 392 g/mol. The van der Waals surface area contributed by atoms with Crippen molar-refractivity contribution in [2.24, 2.45) is 0 Å². The molecule has 0 saturated carbocycles. The zero-order valence-corrected chi connectivity index (χ0v) is 14.6. The molecule has 8 heteroatoms. The van der Waals surface area contributed by atoms with Gasteiger partial charge >= 0.3 is 12.5 Å². The summed E-state index contributed by atoms with van der Waals surface area (Å²) in [6, 6.07) is 8.07. The van der Waals surface area contributed by atoms with Crippen molar-refractivity contribution < 1.29 is 35.8 Å². The Morgan fingerprint density at radius 2 is 1.59 bits per heavy atom. The van der Waals surface area contributed by atoms with Gasteiger partial charge in [0, 0.05) is 0 Å². The molecule has 0 aromatic heterocycles. The van der Waals surface area contributed by atoms with Crippen LogP contribution in [-0.2, 0) is 17.3 Å². The van der Waals surface area contributed by atoms with Crippen molar-refractivity contribution in [3.8, 4) is 5.75 Å². The lowest BCUT2D eigenvalue weighted by Gasteiger charge is -2.23. The van der Waals surface area contributed by atoms with Crippen molar-refractivity contribution in [1.82, 2.24) is 0 Å². The van der Waals surface area contributed by atoms with E-state index in [0.29, 0.717) is 6.07 Å². The summed E-state index contributed by atoms with van der Waals surface area (Å²) < 4.78 is 87.1. The van der Waals surface area contributed by atoms with E-state index in [2.05, 4.69) is 4.74 Å². The molecule has 0 spiro atoms. The van der Waals surface area contributed by atoms with Gasteiger partial charge in [-0.1, -0.05) is 43.7 Å². The van der Waals surface area contributed by atoms with Gasteiger partial charge < -0.3 is 9.47 Å². The van der Waals surface area contributed by atoms with Crippen LogP contribution in [0.25, 0.3) is 0 Å². The molecule has 0 aliphatic carbocycles. The molecule has 1 unspecified atom stereocenters. The molecule has 0 bridgehead atoms. The van der Waals surface area contributed by atoms with E-state index >= 15 is 0 Å². The standard InChI is InChI=1S/C19H18F6O2/c1-3-4-13-5-8-15(9-6-13)18(21,22)26-12(2)14-7-10-17(16(20)11-14)27-19(23,24)25/h5-12H,3-4H2,1-2H3. The van der Waals surface area contributed by atoms with Crippen molar-refractivity contribution in [2.75, 3.05) is 0 Å². The van der Waals surface area contributed by atoms with Crippen LogP contribution >= 0.6 is 0 Å². The zero-order chi connectivity index (χ0) is 20.2. The second-order valence-corrected chi connectivity index (χ2v) is 5.96. The second kappa shape index (κ2) is 8.21. The van der Waals surface area contributed by atoms with Crippen LogP contribution in [0.5, 0.6) is 5.75 Å². The van der Waals surface area contributed by atoms with Gasteiger partial charge in [-0.3, -0.25) is 0 Å². The van der Waals surface area contributed by atoms with E-state index < -0.39 is 30.1 Å². The Balaban J connectivity index is 2.12. The number of alkyl halides is 5. The SMILES string of the molecule is CCCc1ccc(C(F)(F)OC(C)c2ccc(OC(F)(F)F)c(F)c2)cc1. The molecule has 2 aromatic carbocycles. The summed E-state index contributed by atoms with van der Waals surface area (Å²) in [7, 11) is 0. The Morgan fingerprint density at radius 3 is 2.11 bits per heavy atom. The third-order valence-corrected chi connectivity index (χ3v) is 3.80. The predicted molar refractivity (Wildman–Crippen MR) is 86.9 cm³/mol. The van der Waals surface area contributed by atoms with Gasteiger partial charge in [0.1, 0.15) is 0 Å². The summed E-state index contributed by atoms with van der Waals surface area (Å²) >= 11 is 0. The fraction of sp³-hybridized carbons (Fsp3) is 0.368. The molecule has 2 nitrogen and oxygen atoms in total. The number of hydrogen-bond donors (Lipinski definition) is 0. The van der Waals surface area contributed by atoms with Crippen molar-refractivity contribution >= 4 is 0 Å². The van der Waals surface area contributed by atoms with Crippen LogP contribution < -0.4 is 4.74 Å². The van der Waals surface area contributed by atoms with Crippen LogP contribution in [0.3, 0.4) is 0 Å². The molecular weight excluding hydrogens is 374 g/mol. The molecule has 2 rings (SSSR count). The molecule has 0 radical (unpaired) electrons. The van der Waals surface area contributed by atoms with E-state index in [1.807, 2.05) is 6.92 Å². The lowest BCUT2D eigenvalue weighted by atomic mass is 10.1. The van der Waals surface area contributed by atoms with Crippen LogP contribution in [-0.4, -0.2) is 6.36 Å². The van der Waals surface area contributed by atoms with Crippen molar-refractivity contribution in [2.45, 2.75) is 45.3 Å². The Labute approximate surface area is 152 Å². The first-order chi connectivity index (χ1) is 12.5. The quantitative estimate of drug-likeness (QED) is 0.501. The third kappa shape index (κ3) is 5.89. The second-order valence-electron chi connectivity index (χ2n) is 5.96. The number of hydrogen-bond acceptors (Lipinski definition) is 2. The fourth-order valence-corrected chi connectivity index (χ4v) is 2.49. The van der Waals surface area contributed by atoms with Gasteiger partial charge in [-0.2, -0.15) is 8.78 Å². The van der Waals surface area contributed by atoms with E-state index in [4.69, 9.17) is 4.74 Å². The van der Waals surface area contributed by atoms with Gasteiger partial charge in [-0.15, -0.1) is 13.2 Å². The minimum atomic E-state index is -5.05. The summed E-state index contributed by atoms with van der Waals surface area (Å²) in [6.45, 7) is 3.22. The molecule has 2 aromatic rings. The summed E-state index contributed by atoms with van der Waals surface area (Å²) in [5, 5.41) is 0. The first-order valence-corrected chi connectivity index (χ1v) is 8.22. The number of benzene rings is 2. The summed E-state index contributed by atoms with van der Waals surface area (Å²) in [5.41, 5.74) is 0.489. The molecule has 0 aliphatic rings. The highest BCUT2D eigenvalue weighted by atomic mass is 19.4. The summed E-state index contributed by atoms with van der Waals surface area (Å²) in [5.74, 6) is -2.37. The fourth-order valence-electron chi connectivity index (χ4n) is 2.49. The van der Waals surface area contributed by atoms with Gasteiger partial charge in [0.15, 0.2) is 11.6 Å². The molecule has 0 aliphatic heterocycles. The van der Waals surface area contributed by atoms with Gasteiger partial charge in [0.2, 0.25) is 0 Å². The van der Waals surface area contributed by atoms with Crippen LogP contribution in [0.1, 0.15) is 43.1 Å². The Morgan fingerprint density at radius 1 is 0.963 bits per heavy atom. The molecule has 0 heterocycles. The lowest BCUT2D eigenvalue weighted by molar-refractivity contribution is -0.275. The van der Waals surface area contributed by atoms with Gasteiger partial charge in [0.05, 0.1) is 11.7 Å². The van der Waals surface area contributed by atoms with E-state index in [-0.39, 0.29) is 11.1 Å². The normalized spacial score (nSPS) is 13.5. The van der Waals surface area contributed by atoms with Crippen molar-refractivity contribution in [1.29, 1.82) is 0 Å². The molecule has 27 heavy (non-hydrogen) atoms. The van der Waals surface area contributed by atoms with Crippen LogP contribution in [0.15, 0.2) is 42.5 Å². The Hall–Kier alpha value is -2.22. The minimum Gasteiger partial charge on any atom is -0.403 e.